The summed E-state index contributed by atoms with van der Waals surface area (Å²) in [5.74, 6) is 0.565. The van der Waals surface area contributed by atoms with Crippen molar-refractivity contribution in [1.82, 2.24) is 4.98 Å². The largest absolute Gasteiger partial charge is 0.497 e. The molecule has 0 atom stereocenters. The van der Waals surface area contributed by atoms with Gasteiger partial charge in [0.25, 0.3) is 0 Å². The Bertz CT molecular complexity index is 817. The molecule has 0 saturated carbocycles. The molecule has 0 radical (unpaired) electrons. The maximum absolute atomic E-state index is 13.7. The smallest absolute Gasteiger partial charge is 0.128 e. The van der Waals surface area contributed by atoms with Gasteiger partial charge in [0, 0.05) is 28.9 Å². The van der Waals surface area contributed by atoms with E-state index in [0.717, 1.165) is 28.0 Å². The molecule has 3 nitrogen and oxygen atoms in total. The topological polar surface area (TPSA) is 34.1 Å². The molecule has 4 heteroatoms. The summed E-state index contributed by atoms with van der Waals surface area (Å²) in [6, 6.07) is 14.5. The van der Waals surface area contributed by atoms with Crippen molar-refractivity contribution in [1.29, 1.82) is 0 Å². The lowest BCUT2D eigenvalue weighted by Gasteiger charge is -2.12. The normalized spacial score (nSPS) is 10.7. The van der Waals surface area contributed by atoms with Crippen LogP contribution in [0, 0.1) is 12.7 Å². The van der Waals surface area contributed by atoms with E-state index in [1.165, 1.54) is 6.07 Å². The number of pyridine rings is 1. The van der Waals surface area contributed by atoms with Crippen LogP contribution in [-0.2, 0) is 6.54 Å². The number of methoxy groups -OCH3 is 1. The Morgan fingerprint density at radius 1 is 1.14 bits per heavy atom. The average molecular weight is 296 g/mol. The van der Waals surface area contributed by atoms with Crippen LogP contribution >= 0.6 is 0 Å². The van der Waals surface area contributed by atoms with Gasteiger partial charge in [0.1, 0.15) is 11.6 Å². The summed E-state index contributed by atoms with van der Waals surface area (Å²) in [7, 11) is 1.63. The van der Waals surface area contributed by atoms with Crippen LogP contribution < -0.4 is 10.1 Å². The maximum Gasteiger partial charge on any atom is 0.128 e. The molecule has 0 fully saturated rings. The summed E-state index contributed by atoms with van der Waals surface area (Å²) < 4.78 is 19.0. The zero-order valence-electron chi connectivity index (χ0n) is 12.6. The number of rotatable bonds is 4. The second-order valence-corrected chi connectivity index (χ2v) is 5.14. The Balaban J connectivity index is 1.97. The van der Waals surface area contributed by atoms with Crippen LogP contribution in [0.15, 0.2) is 48.5 Å². The molecular formula is C18H17FN2O. The number of hydrogen-bond donors (Lipinski definition) is 1. The number of nitrogens with one attached hydrogen (secondary N) is 1. The van der Waals surface area contributed by atoms with Gasteiger partial charge in [-0.25, -0.2) is 4.39 Å². The molecule has 3 aromatic rings. The SMILES string of the molecule is COc1ccc2nc(C)cc(NCc3ccccc3F)c2c1. The second kappa shape index (κ2) is 6.02. The Morgan fingerprint density at radius 2 is 1.95 bits per heavy atom. The van der Waals surface area contributed by atoms with Gasteiger partial charge in [-0.15, -0.1) is 0 Å². The molecule has 0 saturated heterocycles. The number of nitrogens with zero attached hydrogens (tertiary/aromatic N) is 1. The van der Waals surface area contributed by atoms with Gasteiger partial charge >= 0.3 is 0 Å². The van der Waals surface area contributed by atoms with E-state index in [1.807, 2.05) is 37.3 Å². The van der Waals surface area contributed by atoms with Crippen molar-refractivity contribution < 1.29 is 9.13 Å². The first-order valence-corrected chi connectivity index (χ1v) is 7.10. The summed E-state index contributed by atoms with van der Waals surface area (Å²) in [5.41, 5.74) is 3.35. The predicted octanol–water partition coefficient (Wildman–Crippen LogP) is 4.30. The summed E-state index contributed by atoms with van der Waals surface area (Å²) >= 11 is 0. The van der Waals surface area contributed by atoms with E-state index in [4.69, 9.17) is 4.74 Å². The summed E-state index contributed by atoms with van der Waals surface area (Å²) in [6.45, 7) is 2.36. The van der Waals surface area contributed by atoms with Crippen molar-refractivity contribution in [3.8, 4) is 5.75 Å². The van der Waals surface area contributed by atoms with E-state index >= 15 is 0 Å². The fraction of sp³-hybridized carbons (Fsp3) is 0.167. The van der Waals surface area contributed by atoms with Crippen molar-refractivity contribution in [2.45, 2.75) is 13.5 Å². The van der Waals surface area contributed by atoms with E-state index in [-0.39, 0.29) is 5.82 Å². The third-order valence-corrected chi connectivity index (χ3v) is 3.57. The van der Waals surface area contributed by atoms with E-state index in [2.05, 4.69) is 10.3 Å². The lowest BCUT2D eigenvalue weighted by molar-refractivity contribution is 0.415. The van der Waals surface area contributed by atoms with Crippen LogP contribution in [0.5, 0.6) is 5.75 Å². The second-order valence-electron chi connectivity index (χ2n) is 5.14. The fourth-order valence-electron chi connectivity index (χ4n) is 2.44. The predicted molar refractivity (Wildman–Crippen MR) is 86.8 cm³/mol. The lowest BCUT2D eigenvalue weighted by atomic mass is 10.1. The minimum absolute atomic E-state index is 0.206. The van der Waals surface area contributed by atoms with Gasteiger partial charge in [0.2, 0.25) is 0 Å². The maximum atomic E-state index is 13.7. The van der Waals surface area contributed by atoms with Crippen molar-refractivity contribution in [2.75, 3.05) is 12.4 Å². The molecule has 1 N–H and O–H groups in total. The van der Waals surface area contributed by atoms with E-state index in [1.54, 1.807) is 19.2 Å². The number of anilines is 1. The van der Waals surface area contributed by atoms with Gasteiger partial charge in [-0.3, -0.25) is 4.98 Å². The first-order valence-electron chi connectivity index (χ1n) is 7.10. The number of benzene rings is 2. The fourth-order valence-corrected chi connectivity index (χ4v) is 2.44. The third-order valence-electron chi connectivity index (χ3n) is 3.57. The molecule has 0 aliphatic heterocycles. The Hall–Kier alpha value is -2.62. The molecule has 2 aromatic carbocycles. The van der Waals surface area contributed by atoms with Crippen LogP contribution in [0.3, 0.4) is 0 Å². The summed E-state index contributed by atoms with van der Waals surface area (Å²) in [4.78, 5) is 4.51. The van der Waals surface area contributed by atoms with Crippen molar-refractivity contribution in [3.63, 3.8) is 0 Å². The highest BCUT2D eigenvalue weighted by molar-refractivity contribution is 5.92. The van der Waals surface area contributed by atoms with Gasteiger partial charge in [0.15, 0.2) is 0 Å². The molecule has 22 heavy (non-hydrogen) atoms. The van der Waals surface area contributed by atoms with Crippen molar-refractivity contribution in [2.24, 2.45) is 0 Å². The van der Waals surface area contributed by atoms with Crippen molar-refractivity contribution >= 4 is 16.6 Å². The molecule has 1 aromatic heterocycles. The quantitative estimate of drug-likeness (QED) is 0.779. The standard InChI is InChI=1S/C18H17FN2O/c1-12-9-18(20-11-13-5-3-4-6-16(13)19)15-10-14(22-2)7-8-17(15)21-12/h3-10H,11H2,1-2H3,(H,20,21). The lowest BCUT2D eigenvalue weighted by Crippen LogP contribution is -2.03. The van der Waals surface area contributed by atoms with Gasteiger partial charge in [0.05, 0.1) is 12.6 Å². The minimum atomic E-state index is -0.206. The van der Waals surface area contributed by atoms with Crippen LogP contribution in [0.2, 0.25) is 0 Å². The zero-order valence-corrected chi connectivity index (χ0v) is 12.6. The van der Waals surface area contributed by atoms with E-state index < -0.39 is 0 Å². The molecular weight excluding hydrogens is 279 g/mol. The number of halogens is 1. The molecule has 0 amide bonds. The monoisotopic (exact) mass is 296 g/mol. The number of fused-ring (bicyclic) bond motifs is 1. The summed E-state index contributed by atoms with van der Waals surface area (Å²) in [6.07, 6.45) is 0. The number of aryl methyl sites for hydroxylation is 1. The molecule has 1 heterocycles. The van der Waals surface area contributed by atoms with Crippen LogP contribution in [-0.4, -0.2) is 12.1 Å². The van der Waals surface area contributed by atoms with Gasteiger partial charge in [-0.1, -0.05) is 18.2 Å². The van der Waals surface area contributed by atoms with Crippen LogP contribution in [0.25, 0.3) is 10.9 Å². The average Bonchev–Trinajstić information content (AvgIpc) is 2.53. The molecule has 112 valence electrons. The third kappa shape index (κ3) is 2.86. The van der Waals surface area contributed by atoms with Gasteiger partial charge in [-0.2, -0.15) is 0 Å². The van der Waals surface area contributed by atoms with Crippen molar-refractivity contribution in [3.05, 3.63) is 65.6 Å². The van der Waals surface area contributed by atoms with E-state index in [0.29, 0.717) is 12.1 Å². The number of ether oxygens (including phenoxy) is 1. The first-order chi connectivity index (χ1) is 10.7. The molecule has 0 unspecified atom stereocenters. The zero-order chi connectivity index (χ0) is 15.5. The molecule has 0 bridgehead atoms. The Kier molecular flexibility index (Phi) is 3.92. The van der Waals surface area contributed by atoms with E-state index in [9.17, 15) is 4.39 Å². The Morgan fingerprint density at radius 3 is 2.73 bits per heavy atom. The molecule has 3 rings (SSSR count). The molecule has 0 aliphatic rings. The number of aromatic nitrogens is 1. The summed E-state index contributed by atoms with van der Waals surface area (Å²) in [5, 5.41) is 4.26. The highest BCUT2D eigenvalue weighted by Gasteiger charge is 2.07. The van der Waals surface area contributed by atoms with Gasteiger partial charge in [-0.05, 0) is 37.3 Å². The van der Waals surface area contributed by atoms with Gasteiger partial charge < -0.3 is 10.1 Å². The number of hydrogen-bond acceptors (Lipinski definition) is 3. The molecule has 0 spiro atoms. The molecule has 0 aliphatic carbocycles. The minimum Gasteiger partial charge on any atom is -0.497 e. The first kappa shape index (κ1) is 14.3. The van der Waals surface area contributed by atoms with Crippen LogP contribution in [0.1, 0.15) is 11.3 Å². The Labute approximate surface area is 128 Å². The van der Waals surface area contributed by atoms with Crippen LogP contribution in [0.4, 0.5) is 10.1 Å². The highest BCUT2D eigenvalue weighted by atomic mass is 19.1. The highest BCUT2D eigenvalue weighted by Crippen LogP contribution is 2.27.